The first-order valence-corrected chi connectivity index (χ1v) is 32.2. The van der Waals surface area contributed by atoms with Crippen LogP contribution in [0.3, 0.4) is 0 Å². The van der Waals surface area contributed by atoms with E-state index in [4.69, 9.17) is 0 Å². The Morgan fingerprint density at radius 2 is 0.793 bits per heavy atom. The summed E-state index contributed by atoms with van der Waals surface area (Å²) in [5, 5.41) is 2.49. The van der Waals surface area contributed by atoms with Crippen molar-refractivity contribution >= 4 is 96.1 Å². The summed E-state index contributed by atoms with van der Waals surface area (Å²) in [5.41, 5.74) is 27.5. The molecule has 0 bridgehead atoms. The lowest BCUT2D eigenvalue weighted by Gasteiger charge is -2.46. The molecule has 9 aromatic carbocycles. The molecule has 10 aromatic rings. The van der Waals surface area contributed by atoms with Crippen LogP contribution in [0.4, 0.5) is 51.2 Å². The smallest absolute Gasteiger partial charge is 0.252 e. The van der Waals surface area contributed by atoms with Crippen LogP contribution in [0.2, 0.25) is 0 Å². The largest absolute Gasteiger partial charge is 0.311 e. The van der Waals surface area contributed by atoms with Crippen LogP contribution in [-0.2, 0) is 37.9 Å². The molecule has 0 saturated carbocycles. The van der Waals surface area contributed by atoms with Crippen molar-refractivity contribution in [2.45, 2.75) is 182 Å². The van der Waals surface area contributed by atoms with Crippen molar-refractivity contribution < 1.29 is 0 Å². The number of para-hydroxylation sites is 1. The predicted octanol–water partition coefficient (Wildman–Crippen LogP) is 21.2. The summed E-state index contributed by atoms with van der Waals surface area (Å²) in [4.78, 5) is 7.80. The molecule has 5 heteroatoms. The number of fused-ring (bicyclic) bond motifs is 8. The van der Waals surface area contributed by atoms with E-state index in [1.165, 1.54) is 106 Å². The van der Waals surface area contributed by atoms with Gasteiger partial charge >= 0.3 is 0 Å². The van der Waals surface area contributed by atoms with E-state index in [1.807, 2.05) is 0 Å². The zero-order valence-electron chi connectivity index (χ0n) is 55.6. The van der Waals surface area contributed by atoms with E-state index in [0.29, 0.717) is 0 Å². The van der Waals surface area contributed by atoms with Gasteiger partial charge in [0, 0.05) is 67.6 Å². The molecule has 0 amide bonds. The van der Waals surface area contributed by atoms with Crippen LogP contribution in [0.5, 0.6) is 0 Å². The van der Waals surface area contributed by atoms with E-state index in [9.17, 15) is 0 Å². The highest BCUT2D eigenvalue weighted by Gasteiger charge is 2.45. The van der Waals surface area contributed by atoms with Gasteiger partial charge in [-0.1, -0.05) is 216 Å². The van der Waals surface area contributed by atoms with Gasteiger partial charge in [-0.25, -0.2) is 0 Å². The molecule has 442 valence electrons. The third-order valence-electron chi connectivity index (χ3n) is 20.0. The lowest BCUT2D eigenvalue weighted by molar-refractivity contribution is 0.332. The molecule has 3 heterocycles. The second-order valence-electron chi connectivity index (χ2n) is 32.3. The zero-order chi connectivity index (χ0) is 61.9. The number of hydrogen-bond donors (Lipinski definition) is 0. The van der Waals surface area contributed by atoms with Crippen LogP contribution < -0.4 is 31.1 Å². The first-order valence-electron chi connectivity index (χ1n) is 32.2. The van der Waals surface area contributed by atoms with Gasteiger partial charge in [-0.2, -0.15) is 0 Å². The Morgan fingerprint density at radius 1 is 0.345 bits per heavy atom. The van der Waals surface area contributed by atoms with Gasteiger partial charge in [0.15, 0.2) is 0 Å². The Hall–Kier alpha value is -7.76. The van der Waals surface area contributed by atoms with E-state index >= 15 is 0 Å². The Labute approximate surface area is 521 Å². The summed E-state index contributed by atoms with van der Waals surface area (Å²) >= 11 is 0. The predicted molar refractivity (Wildman–Crippen MR) is 378 cm³/mol. The van der Waals surface area contributed by atoms with Crippen LogP contribution in [0, 0.1) is 0 Å². The summed E-state index contributed by atoms with van der Waals surface area (Å²) in [6.07, 6.45) is 2.30. The zero-order valence-corrected chi connectivity index (χ0v) is 55.6. The number of rotatable bonds is 6. The molecule has 2 aliphatic heterocycles. The molecule has 0 atom stereocenters. The molecule has 13 rings (SSSR count). The fourth-order valence-corrected chi connectivity index (χ4v) is 14.5. The molecule has 3 aliphatic rings. The lowest BCUT2D eigenvalue weighted by atomic mass is 9.33. The molecule has 87 heavy (non-hydrogen) atoms. The Balaban J connectivity index is 1.11. The van der Waals surface area contributed by atoms with Crippen LogP contribution in [-0.4, -0.2) is 11.3 Å². The Bertz CT molecular complexity index is 4340. The second kappa shape index (κ2) is 19.9. The van der Waals surface area contributed by atoms with Gasteiger partial charge in [0.05, 0.1) is 11.0 Å². The van der Waals surface area contributed by atoms with Gasteiger partial charge in [-0.3, -0.25) is 0 Å². The van der Waals surface area contributed by atoms with Gasteiger partial charge < -0.3 is 19.3 Å². The molecule has 0 unspecified atom stereocenters. The van der Waals surface area contributed by atoms with E-state index in [2.05, 4.69) is 333 Å². The van der Waals surface area contributed by atoms with E-state index < -0.39 is 0 Å². The van der Waals surface area contributed by atoms with Crippen LogP contribution in [0.15, 0.2) is 182 Å². The first-order chi connectivity index (χ1) is 40.8. The lowest BCUT2D eigenvalue weighted by Crippen LogP contribution is -2.61. The summed E-state index contributed by atoms with van der Waals surface area (Å²) in [6.45, 7) is 44.7. The van der Waals surface area contributed by atoms with Crippen molar-refractivity contribution in [1.29, 1.82) is 0 Å². The standard InChI is InChI=1S/C82H91BN4/c1-76(2,3)52-24-31-57(32-25-52)85-69-23-21-20-22-63(69)64-40-37-61(50-71(64)85)84(60-38-41-65-66(49-60)82(18,19)45-44-81(65,16)17)62-39-42-67-72(51-62)87(59-35-28-54(29-36-59)78(7,8)9)74-48-56(80(13,14)15)47-73-75(74)83(67)68-46-55(79(10,11)12)30-43-70(68)86(73)58-33-26-53(27-34-58)77(4,5)6/h20-43,46-51H,44-45H2,1-19H3. The second-order valence-corrected chi connectivity index (χ2v) is 32.3. The summed E-state index contributed by atoms with van der Waals surface area (Å²) in [6, 6.07) is 71.8. The van der Waals surface area contributed by atoms with E-state index in [-0.39, 0.29) is 44.6 Å². The third-order valence-corrected chi connectivity index (χ3v) is 20.0. The average Bonchev–Trinajstić information content (AvgIpc) is 1.25. The van der Waals surface area contributed by atoms with E-state index in [1.54, 1.807) is 0 Å². The van der Waals surface area contributed by atoms with Crippen molar-refractivity contribution in [3.05, 3.63) is 221 Å². The SMILES string of the molecule is CC(C)(C)c1ccc(N2c3ccc(C(C)(C)C)cc3B3c4ccc(N(c5ccc6c(c5)C(C)(C)CCC6(C)C)c5ccc6c7ccccc7n(-c7ccc(C(C)(C)C)cc7)c6c5)cc4N(c4ccc(C(C)(C)C)cc4)c4cc(C(C)(C)C)cc2c43)cc1. The maximum atomic E-state index is 2.63. The average molecular weight is 1140 g/mol. The fourth-order valence-electron chi connectivity index (χ4n) is 14.5. The molecular formula is C82H91BN4. The first kappa shape index (κ1) is 58.3. The highest BCUT2D eigenvalue weighted by Crippen LogP contribution is 2.52. The number of anilines is 9. The van der Waals surface area contributed by atoms with Crippen molar-refractivity contribution in [3.63, 3.8) is 0 Å². The summed E-state index contributed by atoms with van der Waals surface area (Å²) < 4.78 is 2.49. The van der Waals surface area contributed by atoms with Gasteiger partial charge in [0.2, 0.25) is 0 Å². The number of hydrogen-bond acceptors (Lipinski definition) is 3. The minimum atomic E-state index is -0.162. The highest BCUT2D eigenvalue weighted by atomic mass is 15.2. The summed E-state index contributed by atoms with van der Waals surface area (Å²) in [7, 11) is 0. The van der Waals surface area contributed by atoms with Gasteiger partial charge in [-0.15, -0.1) is 0 Å². The molecular weight excluding hydrogens is 1050 g/mol. The van der Waals surface area contributed by atoms with Crippen LogP contribution in [0.25, 0.3) is 27.5 Å². The van der Waals surface area contributed by atoms with Crippen molar-refractivity contribution in [2.75, 3.05) is 14.7 Å². The molecule has 1 aromatic heterocycles. The van der Waals surface area contributed by atoms with Gasteiger partial charge in [0.25, 0.3) is 6.71 Å². The van der Waals surface area contributed by atoms with Gasteiger partial charge in [0.1, 0.15) is 0 Å². The van der Waals surface area contributed by atoms with Crippen molar-refractivity contribution in [2.24, 2.45) is 0 Å². The van der Waals surface area contributed by atoms with Gasteiger partial charge in [-0.05, 0) is 203 Å². The molecule has 0 fully saturated rings. The van der Waals surface area contributed by atoms with Crippen LogP contribution in [0.1, 0.15) is 183 Å². The van der Waals surface area contributed by atoms with E-state index in [0.717, 1.165) is 41.3 Å². The topological polar surface area (TPSA) is 14.7 Å². The molecule has 0 spiro atoms. The third kappa shape index (κ3) is 9.91. The minimum absolute atomic E-state index is 0.00295. The quantitative estimate of drug-likeness (QED) is 0.154. The number of aromatic nitrogens is 1. The Morgan fingerprint density at radius 3 is 1.34 bits per heavy atom. The molecule has 1 aliphatic carbocycles. The highest BCUT2D eigenvalue weighted by molar-refractivity contribution is 7.00. The maximum Gasteiger partial charge on any atom is 0.252 e. The van der Waals surface area contributed by atoms with Crippen molar-refractivity contribution in [3.8, 4) is 5.69 Å². The normalized spacial score (nSPS) is 15.6. The fraction of sp³-hybridized carbons (Fsp3) is 0.341. The minimum Gasteiger partial charge on any atom is -0.311 e. The maximum absolute atomic E-state index is 2.63. The van der Waals surface area contributed by atoms with Crippen molar-refractivity contribution in [1.82, 2.24) is 4.57 Å². The molecule has 0 saturated heterocycles. The summed E-state index contributed by atoms with van der Waals surface area (Å²) in [5.74, 6) is 0. The number of benzene rings is 9. The molecule has 0 radical (unpaired) electrons. The monoisotopic (exact) mass is 1140 g/mol. The molecule has 4 nitrogen and oxygen atoms in total. The van der Waals surface area contributed by atoms with Crippen LogP contribution >= 0.6 is 0 Å². The number of nitrogens with zero attached hydrogens (tertiary/aromatic N) is 4. The molecule has 0 N–H and O–H groups in total. The Kier molecular flexibility index (Phi) is 13.3.